The molecular formula is C17H22N2O. The first-order valence-corrected chi connectivity index (χ1v) is 6.94. The van der Waals surface area contributed by atoms with Crippen molar-refractivity contribution in [1.29, 1.82) is 0 Å². The van der Waals surface area contributed by atoms with Crippen LogP contribution >= 0.6 is 0 Å². The number of aryl methyl sites for hydroxylation is 1. The molecule has 0 saturated carbocycles. The molecule has 20 heavy (non-hydrogen) atoms. The average Bonchev–Trinajstić information content (AvgIpc) is 2.43. The van der Waals surface area contributed by atoms with Crippen molar-refractivity contribution < 1.29 is 4.79 Å². The lowest BCUT2D eigenvalue weighted by molar-refractivity contribution is 0.211. The SMILES string of the molecule is C=CCC1(CC=C)CNC(=O)N(c2ccc(C)cc2)C1. The van der Waals surface area contributed by atoms with Crippen molar-refractivity contribution in [1.82, 2.24) is 5.32 Å². The van der Waals surface area contributed by atoms with Crippen LogP contribution < -0.4 is 10.2 Å². The van der Waals surface area contributed by atoms with Gasteiger partial charge in [-0.3, -0.25) is 4.90 Å². The Bertz CT molecular complexity index is 494. The van der Waals surface area contributed by atoms with Gasteiger partial charge in [-0.2, -0.15) is 0 Å². The molecule has 106 valence electrons. The van der Waals surface area contributed by atoms with Gasteiger partial charge in [0.05, 0.1) is 0 Å². The van der Waals surface area contributed by atoms with E-state index < -0.39 is 0 Å². The van der Waals surface area contributed by atoms with E-state index in [1.807, 2.05) is 48.2 Å². The molecule has 0 unspecified atom stereocenters. The van der Waals surface area contributed by atoms with Crippen LogP contribution in [0.25, 0.3) is 0 Å². The van der Waals surface area contributed by atoms with Crippen LogP contribution in [-0.2, 0) is 0 Å². The second kappa shape index (κ2) is 5.95. The lowest BCUT2D eigenvalue weighted by Gasteiger charge is -2.42. The molecule has 1 heterocycles. The lowest BCUT2D eigenvalue weighted by Crippen LogP contribution is -2.56. The zero-order valence-electron chi connectivity index (χ0n) is 12.1. The first kappa shape index (κ1) is 14.4. The summed E-state index contributed by atoms with van der Waals surface area (Å²) < 4.78 is 0. The first-order valence-electron chi connectivity index (χ1n) is 6.94. The van der Waals surface area contributed by atoms with E-state index in [-0.39, 0.29) is 11.4 Å². The van der Waals surface area contributed by atoms with E-state index in [2.05, 4.69) is 18.5 Å². The number of anilines is 1. The van der Waals surface area contributed by atoms with E-state index in [1.54, 1.807) is 0 Å². The molecule has 0 aromatic heterocycles. The summed E-state index contributed by atoms with van der Waals surface area (Å²) in [5, 5.41) is 3.00. The Kier molecular flexibility index (Phi) is 4.28. The minimum atomic E-state index is -0.0300. The highest BCUT2D eigenvalue weighted by Crippen LogP contribution is 2.33. The standard InChI is InChI=1S/C17H22N2O/c1-4-10-17(11-5-2)12-18-16(20)19(13-17)15-8-6-14(3)7-9-15/h4-9H,1-2,10-13H2,3H3,(H,18,20). The number of rotatable bonds is 5. The molecule has 1 N–H and O–H groups in total. The molecule has 0 atom stereocenters. The maximum Gasteiger partial charge on any atom is 0.321 e. The zero-order valence-corrected chi connectivity index (χ0v) is 12.1. The van der Waals surface area contributed by atoms with Gasteiger partial charge in [-0.15, -0.1) is 13.2 Å². The van der Waals surface area contributed by atoms with Crippen molar-refractivity contribution in [3.63, 3.8) is 0 Å². The second-order valence-electron chi connectivity index (χ2n) is 5.57. The maximum atomic E-state index is 12.1. The third kappa shape index (κ3) is 2.93. The second-order valence-corrected chi connectivity index (χ2v) is 5.57. The van der Waals surface area contributed by atoms with Crippen molar-refractivity contribution in [2.75, 3.05) is 18.0 Å². The Morgan fingerprint density at radius 3 is 2.40 bits per heavy atom. The largest absolute Gasteiger partial charge is 0.337 e. The Hall–Kier alpha value is -2.03. The van der Waals surface area contributed by atoms with Crippen LogP contribution in [0.2, 0.25) is 0 Å². The molecule has 0 radical (unpaired) electrons. The van der Waals surface area contributed by atoms with Gasteiger partial charge in [-0.25, -0.2) is 4.79 Å². The number of carbonyl (C=O) groups is 1. The van der Waals surface area contributed by atoms with Crippen LogP contribution in [0.5, 0.6) is 0 Å². The molecule has 0 aliphatic carbocycles. The van der Waals surface area contributed by atoms with Gasteiger partial charge in [0, 0.05) is 24.2 Å². The Morgan fingerprint density at radius 1 is 1.25 bits per heavy atom. The van der Waals surface area contributed by atoms with E-state index in [0.29, 0.717) is 13.1 Å². The number of benzene rings is 1. The summed E-state index contributed by atoms with van der Waals surface area (Å²) in [6.07, 6.45) is 5.58. The number of hydrogen-bond donors (Lipinski definition) is 1. The fraction of sp³-hybridized carbons (Fsp3) is 0.353. The predicted octanol–water partition coefficient (Wildman–Crippen LogP) is 3.66. The summed E-state index contributed by atoms with van der Waals surface area (Å²) in [6.45, 7) is 11.1. The molecule has 1 aromatic rings. The molecule has 2 rings (SSSR count). The van der Waals surface area contributed by atoms with Gasteiger partial charge in [0.25, 0.3) is 0 Å². The van der Waals surface area contributed by atoms with Gasteiger partial charge in [0.1, 0.15) is 0 Å². The van der Waals surface area contributed by atoms with E-state index >= 15 is 0 Å². The van der Waals surface area contributed by atoms with Crippen molar-refractivity contribution in [3.8, 4) is 0 Å². The smallest absolute Gasteiger partial charge is 0.321 e. The molecule has 0 spiro atoms. The number of nitrogens with one attached hydrogen (secondary N) is 1. The molecule has 1 aromatic carbocycles. The molecule has 0 bridgehead atoms. The van der Waals surface area contributed by atoms with E-state index in [9.17, 15) is 4.79 Å². The number of carbonyl (C=O) groups excluding carboxylic acids is 1. The number of hydrogen-bond acceptors (Lipinski definition) is 1. The van der Waals surface area contributed by atoms with Crippen LogP contribution in [0.1, 0.15) is 18.4 Å². The summed E-state index contributed by atoms with van der Waals surface area (Å²) in [5.74, 6) is 0. The molecule has 3 heteroatoms. The van der Waals surface area contributed by atoms with Crippen molar-refractivity contribution >= 4 is 11.7 Å². The zero-order chi connectivity index (χ0) is 14.6. The normalized spacial score (nSPS) is 17.4. The number of amides is 2. The molecule has 1 fully saturated rings. The van der Waals surface area contributed by atoms with E-state index in [0.717, 1.165) is 18.5 Å². The highest BCUT2D eigenvalue weighted by atomic mass is 16.2. The Balaban J connectivity index is 2.27. The molecule has 2 amide bonds. The van der Waals surface area contributed by atoms with Crippen molar-refractivity contribution in [2.45, 2.75) is 19.8 Å². The summed E-state index contributed by atoms with van der Waals surface area (Å²) in [5.41, 5.74) is 2.11. The van der Waals surface area contributed by atoms with Gasteiger partial charge in [-0.1, -0.05) is 29.8 Å². The summed E-state index contributed by atoms with van der Waals surface area (Å²) in [4.78, 5) is 14.0. The number of allylic oxidation sites excluding steroid dienone is 2. The van der Waals surface area contributed by atoms with Crippen molar-refractivity contribution in [3.05, 3.63) is 55.1 Å². The fourth-order valence-electron chi connectivity index (χ4n) is 2.72. The monoisotopic (exact) mass is 270 g/mol. The third-order valence-corrected chi connectivity index (χ3v) is 3.85. The molecule has 1 aliphatic rings. The highest BCUT2D eigenvalue weighted by molar-refractivity contribution is 5.93. The Labute approximate surface area is 121 Å². The van der Waals surface area contributed by atoms with Crippen LogP contribution in [-0.4, -0.2) is 19.1 Å². The third-order valence-electron chi connectivity index (χ3n) is 3.85. The van der Waals surface area contributed by atoms with Crippen LogP contribution in [0.15, 0.2) is 49.6 Å². The fourth-order valence-corrected chi connectivity index (χ4v) is 2.72. The first-order chi connectivity index (χ1) is 9.60. The molecule has 3 nitrogen and oxygen atoms in total. The van der Waals surface area contributed by atoms with E-state index in [4.69, 9.17) is 0 Å². The molecule has 1 aliphatic heterocycles. The predicted molar refractivity (Wildman–Crippen MR) is 84.0 cm³/mol. The number of nitrogens with zero attached hydrogens (tertiary/aromatic N) is 1. The lowest BCUT2D eigenvalue weighted by atomic mass is 9.79. The van der Waals surface area contributed by atoms with Crippen LogP contribution in [0.4, 0.5) is 10.5 Å². The summed E-state index contributed by atoms with van der Waals surface area (Å²) >= 11 is 0. The van der Waals surface area contributed by atoms with Gasteiger partial charge in [-0.05, 0) is 31.9 Å². The van der Waals surface area contributed by atoms with Gasteiger partial charge in [0.2, 0.25) is 0 Å². The highest BCUT2D eigenvalue weighted by Gasteiger charge is 2.37. The summed E-state index contributed by atoms with van der Waals surface area (Å²) in [7, 11) is 0. The van der Waals surface area contributed by atoms with Crippen LogP contribution in [0.3, 0.4) is 0 Å². The van der Waals surface area contributed by atoms with Gasteiger partial charge >= 0.3 is 6.03 Å². The quantitative estimate of drug-likeness (QED) is 0.814. The minimum Gasteiger partial charge on any atom is -0.337 e. The number of urea groups is 1. The molecular weight excluding hydrogens is 248 g/mol. The Morgan fingerprint density at radius 2 is 1.85 bits per heavy atom. The van der Waals surface area contributed by atoms with Gasteiger partial charge < -0.3 is 5.32 Å². The molecule has 1 saturated heterocycles. The van der Waals surface area contributed by atoms with E-state index in [1.165, 1.54) is 5.56 Å². The maximum absolute atomic E-state index is 12.1. The van der Waals surface area contributed by atoms with Crippen molar-refractivity contribution in [2.24, 2.45) is 5.41 Å². The van der Waals surface area contributed by atoms with Crippen LogP contribution in [0, 0.1) is 12.3 Å². The summed E-state index contributed by atoms with van der Waals surface area (Å²) in [6, 6.07) is 8.01. The van der Waals surface area contributed by atoms with Gasteiger partial charge in [0.15, 0.2) is 0 Å². The average molecular weight is 270 g/mol. The minimum absolute atomic E-state index is 0.0116. The topological polar surface area (TPSA) is 32.3 Å².